The van der Waals surface area contributed by atoms with Crippen LogP contribution >= 0.6 is 12.4 Å². The number of hydrogen-bond donors (Lipinski definition) is 3. The van der Waals surface area contributed by atoms with Crippen molar-refractivity contribution in [3.8, 4) is 0 Å². The third-order valence-electron chi connectivity index (χ3n) is 4.87. The monoisotopic (exact) mass is 405 g/mol. The van der Waals surface area contributed by atoms with E-state index < -0.39 is 11.7 Å². The van der Waals surface area contributed by atoms with Crippen molar-refractivity contribution in [1.29, 1.82) is 0 Å². The molecule has 2 aromatic rings. The molecular weight excluding hydrogens is 381 g/mol. The lowest BCUT2D eigenvalue weighted by Crippen LogP contribution is -2.28. The van der Waals surface area contributed by atoms with Gasteiger partial charge in [-0.25, -0.2) is 4.39 Å². The Kier molecular flexibility index (Phi) is 7.96. The Labute approximate surface area is 170 Å². The van der Waals surface area contributed by atoms with Crippen LogP contribution in [0.4, 0.5) is 10.1 Å². The third kappa shape index (κ3) is 5.30. The van der Waals surface area contributed by atoms with E-state index in [2.05, 4.69) is 16.0 Å². The molecule has 2 aromatic carbocycles. The van der Waals surface area contributed by atoms with Crippen LogP contribution in [0.25, 0.3) is 0 Å². The summed E-state index contributed by atoms with van der Waals surface area (Å²) >= 11 is 0. The number of rotatable bonds is 6. The number of aryl methyl sites for hydroxylation is 1. The van der Waals surface area contributed by atoms with Crippen LogP contribution in [-0.2, 0) is 0 Å². The summed E-state index contributed by atoms with van der Waals surface area (Å²) in [6, 6.07) is 11.0. The van der Waals surface area contributed by atoms with Crippen molar-refractivity contribution in [3.63, 3.8) is 0 Å². The third-order valence-corrected chi connectivity index (χ3v) is 4.87. The zero-order valence-electron chi connectivity index (χ0n) is 15.8. The normalized spacial score (nSPS) is 15.6. The first-order valence-corrected chi connectivity index (χ1v) is 9.20. The van der Waals surface area contributed by atoms with E-state index >= 15 is 0 Å². The van der Waals surface area contributed by atoms with Gasteiger partial charge >= 0.3 is 0 Å². The molecule has 0 aromatic heterocycles. The minimum absolute atomic E-state index is 0. The second-order valence-electron chi connectivity index (χ2n) is 6.83. The van der Waals surface area contributed by atoms with Gasteiger partial charge in [-0.05, 0) is 62.5 Å². The van der Waals surface area contributed by atoms with Crippen molar-refractivity contribution in [1.82, 2.24) is 10.6 Å². The number of anilines is 1. The Hall–Kier alpha value is -2.44. The van der Waals surface area contributed by atoms with Crippen LogP contribution in [-0.4, -0.2) is 31.4 Å². The van der Waals surface area contributed by atoms with Crippen LogP contribution in [0.1, 0.15) is 39.1 Å². The summed E-state index contributed by atoms with van der Waals surface area (Å²) in [5, 5.41) is 8.93. The fraction of sp³-hybridized carbons (Fsp3) is 0.333. The number of nitrogens with one attached hydrogen (secondary N) is 3. The number of para-hydroxylation sites is 1. The fourth-order valence-electron chi connectivity index (χ4n) is 3.29. The standard InChI is InChI=1S/C21H24FN3O2.ClH/c1-14-5-4-7-17(20(26)24-12-10-15-9-11-23-13-15)19(14)25-21(27)16-6-2-3-8-18(16)22;/h2-8,15,23H,9-13H2,1H3,(H,24,26)(H,25,27);1H. The predicted molar refractivity (Wildman–Crippen MR) is 111 cm³/mol. The molecule has 3 rings (SSSR count). The molecule has 0 radical (unpaired) electrons. The largest absolute Gasteiger partial charge is 0.352 e. The van der Waals surface area contributed by atoms with Gasteiger partial charge in [0.15, 0.2) is 0 Å². The molecule has 2 amide bonds. The number of halogens is 2. The van der Waals surface area contributed by atoms with Crippen molar-refractivity contribution in [2.45, 2.75) is 19.8 Å². The number of hydrogen-bond acceptors (Lipinski definition) is 3. The summed E-state index contributed by atoms with van der Waals surface area (Å²) in [5.74, 6) is -0.829. The summed E-state index contributed by atoms with van der Waals surface area (Å²) in [7, 11) is 0. The summed E-state index contributed by atoms with van der Waals surface area (Å²) in [6.45, 7) is 4.41. The molecule has 7 heteroatoms. The molecule has 150 valence electrons. The molecule has 1 aliphatic heterocycles. The smallest absolute Gasteiger partial charge is 0.258 e. The Morgan fingerprint density at radius 1 is 1.11 bits per heavy atom. The number of amides is 2. The maximum atomic E-state index is 13.9. The lowest BCUT2D eigenvalue weighted by Gasteiger charge is -2.15. The molecule has 1 aliphatic rings. The minimum Gasteiger partial charge on any atom is -0.352 e. The van der Waals surface area contributed by atoms with Gasteiger partial charge in [0.25, 0.3) is 11.8 Å². The Bertz CT molecular complexity index is 838. The zero-order valence-corrected chi connectivity index (χ0v) is 16.6. The van der Waals surface area contributed by atoms with Crippen molar-refractivity contribution < 1.29 is 14.0 Å². The first kappa shape index (κ1) is 21.9. The van der Waals surface area contributed by atoms with Gasteiger partial charge in [0.05, 0.1) is 16.8 Å². The Morgan fingerprint density at radius 2 is 1.86 bits per heavy atom. The van der Waals surface area contributed by atoms with Gasteiger partial charge in [0.2, 0.25) is 0 Å². The summed E-state index contributed by atoms with van der Waals surface area (Å²) in [6.07, 6.45) is 2.05. The van der Waals surface area contributed by atoms with Gasteiger partial charge in [0, 0.05) is 6.54 Å². The minimum atomic E-state index is -0.597. The number of carbonyl (C=O) groups excluding carboxylic acids is 2. The lowest BCUT2D eigenvalue weighted by molar-refractivity contribution is 0.0952. The summed E-state index contributed by atoms with van der Waals surface area (Å²) < 4.78 is 13.9. The van der Waals surface area contributed by atoms with Crippen molar-refractivity contribution >= 4 is 29.9 Å². The van der Waals surface area contributed by atoms with E-state index in [4.69, 9.17) is 0 Å². The van der Waals surface area contributed by atoms with Gasteiger partial charge in [-0.2, -0.15) is 0 Å². The van der Waals surface area contributed by atoms with Gasteiger partial charge in [-0.3, -0.25) is 9.59 Å². The number of carbonyl (C=O) groups is 2. The molecule has 28 heavy (non-hydrogen) atoms. The first-order chi connectivity index (χ1) is 13.1. The molecule has 1 heterocycles. The Morgan fingerprint density at radius 3 is 2.57 bits per heavy atom. The van der Waals surface area contributed by atoms with E-state index in [1.165, 1.54) is 18.2 Å². The topological polar surface area (TPSA) is 70.2 Å². The molecule has 1 fully saturated rings. The first-order valence-electron chi connectivity index (χ1n) is 9.20. The highest BCUT2D eigenvalue weighted by atomic mass is 35.5. The maximum absolute atomic E-state index is 13.9. The van der Waals surface area contributed by atoms with Crippen LogP contribution in [0.3, 0.4) is 0 Å². The highest BCUT2D eigenvalue weighted by molar-refractivity contribution is 6.09. The molecule has 1 unspecified atom stereocenters. The molecular formula is C21H25ClFN3O2. The second kappa shape index (κ2) is 10.2. The van der Waals surface area contributed by atoms with E-state index in [9.17, 15) is 14.0 Å². The van der Waals surface area contributed by atoms with Crippen LogP contribution in [0.15, 0.2) is 42.5 Å². The van der Waals surface area contributed by atoms with Gasteiger partial charge in [-0.1, -0.05) is 24.3 Å². The highest BCUT2D eigenvalue weighted by Crippen LogP contribution is 2.22. The van der Waals surface area contributed by atoms with Crippen LogP contribution in [0.2, 0.25) is 0 Å². The van der Waals surface area contributed by atoms with Gasteiger partial charge < -0.3 is 16.0 Å². The molecule has 1 atom stereocenters. The molecule has 0 saturated carbocycles. The van der Waals surface area contributed by atoms with Gasteiger partial charge in [0.1, 0.15) is 5.82 Å². The van der Waals surface area contributed by atoms with Gasteiger partial charge in [-0.15, -0.1) is 12.4 Å². The van der Waals surface area contributed by atoms with E-state index in [1.807, 2.05) is 0 Å². The second-order valence-corrected chi connectivity index (χ2v) is 6.83. The highest BCUT2D eigenvalue weighted by Gasteiger charge is 2.19. The molecule has 1 saturated heterocycles. The average molecular weight is 406 g/mol. The molecule has 0 aliphatic carbocycles. The van der Waals surface area contributed by atoms with Crippen molar-refractivity contribution in [2.75, 3.05) is 25.0 Å². The van der Waals surface area contributed by atoms with E-state index in [1.54, 1.807) is 31.2 Å². The van der Waals surface area contributed by atoms with Crippen LogP contribution < -0.4 is 16.0 Å². The summed E-state index contributed by atoms with van der Waals surface area (Å²) in [4.78, 5) is 25.1. The quantitative estimate of drug-likeness (QED) is 0.688. The molecule has 0 spiro atoms. The van der Waals surface area contributed by atoms with E-state index in [-0.39, 0.29) is 23.9 Å². The lowest BCUT2D eigenvalue weighted by atomic mass is 10.0. The fourth-order valence-corrected chi connectivity index (χ4v) is 3.29. The van der Waals surface area contributed by atoms with Crippen molar-refractivity contribution in [2.24, 2.45) is 5.92 Å². The molecule has 3 N–H and O–H groups in total. The van der Waals surface area contributed by atoms with Crippen LogP contribution in [0, 0.1) is 18.7 Å². The summed E-state index contributed by atoms with van der Waals surface area (Å²) in [5.41, 5.74) is 1.48. The predicted octanol–water partition coefficient (Wildman–Crippen LogP) is 3.54. The SMILES string of the molecule is Cc1cccc(C(=O)NCCC2CCNC2)c1NC(=O)c1ccccc1F.Cl. The van der Waals surface area contributed by atoms with Crippen molar-refractivity contribution in [3.05, 3.63) is 65.0 Å². The molecule has 5 nitrogen and oxygen atoms in total. The van der Waals surface area contributed by atoms with E-state index in [0.29, 0.717) is 23.7 Å². The van der Waals surface area contributed by atoms with E-state index in [0.717, 1.165) is 31.5 Å². The zero-order chi connectivity index (χ0) is 19.2. The Balaban J connectivity index is 0.00000280. The average Bonchev–Trinajstić information content (AvgIpc) is 3.17. The maximum Gasteiger partial charge on any atom is 0.258 e. The number of benzene rings is 2. The molecule has 0 bridgehead atoms. The van der Waals surface area contributed by atoms with Crippen LogP contribution in [0.5, 0.6) is 0 Å².